The van der Waals surface area contributed by atoms with Crippen molar-refractivity contribution in [3.63, 3.8) is 0 Å². The fraction of sp³-hybridized carbons (Fsp3) is 0.286. The van der Waals surface area contributed by atoms with Crippen LogP contribution in [0.5, 0.6) is 17.2 Å². The zero-order chi connectivity index (χ0) is 22.4. The number of nitrogens with one attached hydrogen (secondary N) is 1. The van der Waals surface area contributed by atoms with E-state index in [-0.39, 0.29) is 28.8 Å². The number of benzene rings is 2. The summed E-state index contributed by atoms with van der Waals surface area (Å²) in [6.45, 7) is 5.69. The Morgan fingerprint density at radius 2 is 1.87 bits per heavy atom. The van der Waals surface area contributed by atoms with Gasteiger partial charge in [-0.25, -0.2) is 4.79 Å². The number of hydrogen-bond donors (Lipinski definition) is 2. The number of carbonyl (C=O) groups is 3. The van der Waals surface area contributed by atoms with E-state index in [1.165, 1.54) is 29.2 Å². The smallest absolute Gasteiger partial charge is 0.397 e. The highest BCUT2D eigenvalue weighted by molar-refractivity contribution is 6.37. The molecule has 0 radical (unpaired) electrons. The summed E-state index contributed by atoms with van der Waals surface area (Å²) in [6, 6.07) is 7.30. The number of ether oxygens (including phenoxy) is 2. The van der Waals surface area contributed by atoms with E-state index in [0.29, 0.717) is 29.3 Å². The van der Waals surface area contributed by atoms with E-state index in [1.54, 1.807) is 27.0 Å². The lowest BCUT2D eigenvalue weighted by Gasteiger charge is -2.17. The number of esters is 1. The van der Waals surface area contributed by atoms with Crippen LogP contribution in [0.25, 0.3) is 0 Å². The minimum absolute atomic E-state index is 0.0873. The van der Waals surface area contributed by atoms with Crippen molar-refractivity contribution in [3.8, 4) is 17.2 Å². The maximum Gasteiger partial charge on any atom is 0.397 e. The average molecular weight is 435 g/mol. The fourth-order valence-electron chi connectivity index (χ4n) is 2.53. The SMILES string of the molecule is CCOC(=O)C(=O)Nc1cc(C)c(Oc2ccc(O)c(C(=O)N(C)CC)c2)c(Cl)c1. The van der Waals surface area contributed by atoms with Crippen molar-refractivity contribution in [1.82, 2.24) is 4.90 Å². The van der Waals surface area contributed by atoms with Crippen molar-refractivity contribution in [2.75, 3.05) is 25.5 Å². The van der Waals surface area contributed by atoms with E-state index in [0.717, 1.165) is 0 Å². The number of aryl methyl sites for hydroxylation is 1. The van der Waals surface area contributed by atoms with Crippen molar-refractivity contribution >= 4 is 35.1 Å². The number of phenols is 1. The summed E-state index contributed by atoms with van der Waals surface area (Å²) in [5, 5.41) is 12.6. The van der Waals surface area contributed by atoms with Crippen LogP contribution in [0.15, 0.2) is 30.3 Å². The van der Waals surface area contributed by atoms with E-state index in [2.05, 4.69) is 10.1 Å². The predicted molar refractivity (Wildman–Crippen MR) is 112 cm³/mol. The van der Waals surface area contributed by atoms with Crippen LogP contribution in [0.1, 0.15) is 29.8 Å². The van der Waals surface area contributed by atoms with E-state index in [9.17, 15) is 19.5 Å². The number of anilines is 1. The van der Waals surface area contributed by atoms with Crippen molar-refractivity contribution in [2.24, 2.45) is 0 Å². The fourth-order valence-corrected chi connectivity index (χ4v) is 2.83. The quantitative estimate of drug-likeness (QED) is 0.530. The Bertz CT molecular complexity index is 953. The highest BCUT2D eigenvalue weighted by atomic mass is 35.5. The molecular formula is C21H23ClN2O6. The molecule has 0 aromatic heterocycles. The highest BCUT2D eigenvalue weighted by Crippen LogP contribution is 2.36. The number of carbonyl (C=O) groups excluding carboxylic acids is 3. The molecule has 2 aromatic carbocycles. The largest absolute Gasteiger partial charge is 0.507 e. The molecule has 0 saturated heterocycles. The van der Waals surface area contributed by atoms with Crippen LogP contribution in [-0.4, -0.2) is 48.0 Å². The first-order valence-corrected chi connectivity index (χ1v) is 9.60. The van der Waals surface area contributed by atoms with Gasteiger partial charge in [-0.2, -0.15) is 0 Å². The maximum atomic E-state index is 12.4. The molecule has 160 valence electrons. The highest BCUT2D eigenvalue weighted by Gasteiger charge is 2.19. The summed E-state index contributed by atoms with van der Waals surface area (Å²) in [6.07, 6.45) is 0. The molecule has 8 nitrogen and oxygen atoms in total. The second-order valence-electron chi connectivity index (χ2n) is 6.38. The minimum Gasteiger partial charge on any atom is -0.507 e. The van der Waals surface area contributed by atoms with Gasteiger partial charge >= 0.3 is 11.9 Å². The Morgan fingerprint density at radius 3 is 2.47 bits per heavy atom. The molecule has 0 aliphatic rings. The number of aromatic hydroxyl groups is 1. The Morgan fingerprint density at radius 1 is 1.17 bits per heavy atom. The molecule has 2 N–H and O–H groups in total. The van der Waals surface area contributed by atoms with E-state index in [1.807, 2.05) is 6.92 Å². The van der Waals surface area contributed by atoms with Crippen LogP contribution in [0, 0.1) is 6.92 Å². The summed E-state index contributed by atoms with van der Waals surface area (Å²) in [4.78, 5) is 37.1. The summed E-state index contributed by atoms with van der Waals surface area (Å²) < 4.78 is 10.5. The third-order valence-electron chi connectivity index (χ3n) is 4.19. The topological polar surface area (TPSA) is 105 Å². The molecule has 2 amide bonds. The Labute approximate surface area is 179 Å². The van der Waals surface area contributed by atoms with Gasteiger partial charge in [0, 0.05) is 19.3 Å². The predicted octanol–water partition coefficient (Wildman–Crippen LogP) is 3.74. The van der Waals surface area contributed by atoms with Gasteiger partial charge in [-0.1, -0.05) is 11.6 Å². The Hall–Kier alpha value is -3.26. The molecular weight excluding hydrogens is 412 g/mol. The lowest BCUT2D eigenvalue weighted by Crippen LogP contribution is -2.26. The molecule has 0 aliphatic carbocycles. The van der Waals surface area contributed by atoms with Crippen LogP contribution >= 0.6 is 11.6 Å². The second kappa shape index (κ2) is 9.98. The molecule has 2 rings (SSSR count). The van der Waals surface area contributed by atoms with Crippen LogP contribution < -0.4 is 10.1 Å². The van der Waals surface area contributed by atoms with Crippen molar-refractivity contribution in [3.05, 3.63) is 46.5 Å². The number of hydrogen-bond acceptors (Lipinski definition) is 6. The van der Waals surface area contributed by atoms with Gasteiger partial charge in [-0.05, 0) is 56.7 Å². The summed E-state index contributed by atoms with van der Waals surface area (Å²) in [5.41, 5.74) is 0.978. The van der Waals surface area contributed by atoms with Crippen LogP contribution in [0.2, 0.25) is 5.02 Å². The molecule has 2 aromatic rings. The standard InChI is InChI=1S/C21H23ClN2O6/c1-5-24(4)20(27)15-11-14(7-8-17(15)25)30-18-12(3)9-13(10-16(18)22)23-19(26)21(28)29-6-2/h7-11,25H,5-6H2,1-4H3,(H,23,26). The second-order valence-corrected chi connectivity index (χ2v) is 6.79. The van der Waals surface area contributed by atoms with Gasteiger partial charge in [-0.3, -0.25) is 9.59 Å². The van der Waals surface area contributed by atoms with E-state index >= 15 is 0 Å². The van der Waals surface area contributed by atoms with Crippen LogP contribution in [0.4, 0.5) is 5.69 Å². The van der Waals surface area contributed by atoms with E-state index < -0.39 is 11.9 Å². The molecule has 30 heavy (non-hydrogen) atoms. The first-order chi connectivity index (χ1) is 14.2. The van der Waals surface area contributed by atoms with Gasteiger partial charge in [0.2, 0.25) is 0 Å². The van der Waals surface area contributed by atoms with E-state index in [4.69, 9.17) is 16.3 Å². The number of nitrogens with zero attached hydrogens (tertiary/aromatic N) is 1. The minimum atomic E-state index is -0.995. The van der Waals surface area contributed by atoms with Gasteiger partial charge < -0.3 is 24.8 Å². The Balaban J connectivity index is 2.26. The van der Waals surface area contributed by atoms with Gasteiger partial charge in [-0.15, -0.1) is 0 Å². The summed E-state index contributed by atoms with van der Waals surface area (Å²) >= 11 is 6.30. The maximum absolute atomic E-state index is 12.4. The number of halogens is 1. The zero-order valence-electron chi connectivity index (χ0n) is 17.1. The first kappa shape index (κ1) is 23.0. The van der Waals surface area contributed by atoms with Gasteiger partial charge in [0.05, 0.1) is 17.2 Å². The van der Waals surface area contributed by atoms with Gasteiger partial charge in [0.15, 0.2) is 0 Å². The molecule has 0 unspecified atom stereocenters. The van der Waals surface area contributed by atoms with Crippen LogP contribution in [0.3, 0.4) is 0 Å². The molecule has 0 atom stereocenters. The zero-order valence-corrected chi connectivity index (χ0v) is 17.9. The summed E-state index contributed by atoms with van der Waals surface area (Å²) in [5.74, 6) is -1.81. The molecule has 0 saturated carbocycles. The van der Waals surface area contributed by atoms with Crippen molar-refractivity contribution in [1.29, 1.82) is 0 Å². The normalized spacial score (nSPS) is 10.3. The van der Waals surface area contributed by atoms with Crippen molar-refractivity contribution < 1.29 is 29.0 Å². The summed E-state index contributed by atoms with van der Waals surface area (Å²) in [7, 11) is 1.62. The number of rotatable bonds is 6. The third-order valence-corrected chi connectivity index (χ3v) is 4.47. The molecule has 0 fully saturated rings. The molecule has 0 heterocycles. The molecule has 0 aliphatic heterocycles. The van der Waals surface area contributed by atoms with Crippen LogP contribution in [-0.2, 0) is 14.3 Å². The monoisotopic (exact) mass is 434 g/mol. The average Bonchev–Trinajstić information content (AvgIpc) is 2.70. The number of amides is 2. The van der Waals surface area contributed by atoms with Crippen molar-refractivity contribution in [2.45, 2.75) is 20.8 Å². The molecule has 0 spiro atoms. The lowest BCUT2D eigenvalue weighted by atomic mass is 10.1. The first-order valence-electron chi connectivity index (χ1n) is 9.22. The van der Waals surface area contributed by atoms with Gasteiger partial charge in [0.25, 0.3) is 5.91 Å². The Kier molecular flexibility index (Phi) is 7.66. The number of phenolic OH excluding ortho intramolecular Hbond substituents is 1. The third kappa shape index (κ3) is 5.42. The lowest BCUT2D eigenvalue weighted by molar-refractivity contribution is -0.152. The van der Waals surface area contributed by atoms with Gasteiger partial charge in [0.1, 0.15) is 17.2 Å². The molecule has 9 heteroatoms. The molecule has 0 bridgehead atoms.